The first-order valence-electron chi connectivity index (χ1n) is 11.9. The van der Waals surface area contributed by atoms with Gasteiger partial charge >= 0.3 is 0 Å². The number of unbranched alkanes of at least 4 members (excludes halogenated alkanes) is 2. The lowest BCUT2D eigenvalue weighted by atomic mass is 10.1. The second-order valence-corrected chi connectivity index (χ2v) is 10.3. The van der Waals surface area contributed by atoms with Gasteiger partial charge in [-0.2, -0.15) is 0 Å². The molecule has 0 saturated heterocycles. The summed E-state index contributed by atoms with van der Waals surface area (Å²) >= 11 is 0. The van der Waals surface area contributed by atoms with E-state index in [9.17, 15) is 19.4 Å². The normalized spacial score (nSPS) is 16.5. The van der Waals surface area contributed by atoms with E-state index in [-0.39, 0.29) is 18.9 Å². The molecular weight excluding hydrogens is 443 g/mol. The maximum absolute atomic E-state index is 12.1. The number of aliphatic hydroxyl groups is 1. The number of phosphoric acid groups is 1. The van der Waals surface area contributed by atoms with Crippen LogP contribution in [0.4, 0.5) is 0 Å². The first-order valence-corrected chi connectivity index (χ1v) is 13.3. The molecule has 192 valence electrons. The molecule has 0 spiro atoms. The SMILES string of the molecule is CC/C=C/CC/C=C/CC/C=C/C(O)C(COP(=O)([O-])OCC[N+](C)(C)C)NC(=O)CCC. The number of nitrogens with one attached hydrogen (secondary N) is 1. The third-order valence-corrected chi connectivity index (χ3v) is 5.53. The van der Waals surface area contributed by atoms with Gasteiger partial charge in [0, 0.05) is 6.42 Å². The third kappa shape index (κ3) is 19.9. The fourth-order valence-electron chi connectivity index (χ4n) is 2.64. The number of carbonyl (C=O) groups is 1. The molecule has 0 radical (unpaired) electrons. The van der Waals surface area contributed by atoms with Crippen molar-refractivity contribution in [2.75, 3.05) is 40.9 Å². The van der Waals surface area contributed by atoms with Crippen molar-refractivity contribution in [3.8, 4) is 0 Å². The van der Waals surface area contributed by atoms with Crippen LogP contribution >= 0.6 is 7.82 Å². The van der Waals surface area contributed by atoms with Gasteiger partial charge in [0.25, 0.3) is 7.82 Å². The Labute approximate surface area is 200 Å². The number of amides is 1. The Balaban J connectivity index is 4.67. The quantitative estimate of drug-likeness (QED) is 0.125. The van der Waals surface area contributed by atoms with Gasteiger partial charge in [0.15, 0.2) is 0 Å². The lowest BCUT2D eigenvalue weighted by molar-refractivity contribution is -0.870. The van der Waals surface area contributed by atoms with Gasteiger partial charge in [0.05, 0.1) is 39.9 Å². The summed E-state index contributed by atoms with van der Waals surface area (Å²) < 4.78 is 22.4. The van der Waals surface area contributed by atoms with Crippen LogP contribution in [0, 0.1) is 0 Å². The molecule has 3 unspecified atom stereocenters. The standard InChI is InChI=1S/C24H45N2O6P/c1-6-8-9-10-11-12-13-14-15-16-18-23(27)22(25-24(28)17-7-2)21-32-33(29,30)31-20-19-26(3,4)5/h8-9,12-13,16,18,22-23,27H,6-7,10-11,14-15,17,19-21H2,1-5H3,(H-,25,28,29,30)/b9-8+,13-12+,18-16+. The fraction of sp³-hybridized carbons (Fsp3) is 0.708. The van der Waals surface area contributed by atoms with E-state index >= 15 is 0 Å². The summed E-state index contributed by atoms with van der Waals surface area (Å²) in [6.07, 6.45) is 16.4. The van der Waals surface area contributed by atoms with Crippen LogP contribution in [0.3, 0.4) is 0 Å². The third-order valence-electron chi connectivity index (χ3n) is 4.56. The average molecular weight is 489 g/mol. The summed E-state index contributed by atoms with van der Waals surface area (Å²) in [6.45, 7) is 4.04. The Morgan fingerprint density at radius 3 is 2.15 bits per heavy atom. The number of nitrogens with zero attached hydrogens (tertiary/aromatic N) is 1. The van der Waals surface area contributed by atoms with Gasteiger partial charge in [-0.25, -0.2) is 0 Å². The summed E-state index contributed by atoms with van der Waals surface area (Å²) in [4.78, 5) is 24.1. The van der Waals surface area contributed by atoms with E-state index in [1.807, 2.05) is 34.1 Å². The van der Waals surface area contributed by atoms with E-state index in [0.717, 1.165) is 32.1 Å². The molecule has 0 bridgehead atoms. The predicted octanol–water partition coefficient (Wildman–Crippen LogP) is 3.48. The molecule has 0 aliphatic heterocycles. The van der Waals surface area contributed by atoms with Crippen molar-refractivity contribution in [2.45, 2.75) is 70.9 Å². The molecule has 0 saturated carbocycles. The second-order valence-electron chi connectivity index (χ2n) is 8.94. The Hall–Kier alpha value is -1.28. The van der Waals surface area contributed by atoms with Crippen LogP contribution in [0.15, 0.2) is 36.5 Å². The van der Waals surface area contributed by atoms with Gasteiger partial charge in [0.1, 0.15) is 13.2 Å². The lowest BCUT2D eigenvalue weighted by Crippen LogP contribution is -2.45. The predicted molar refractivity (Wildman–Crippen MR) is 131 cm³/mol. The smallest absolute Gasteiger partial charge is 0.268 e. The van der Waals surface area contributed by atoms with Crippen LogP contribution in [0.2, 0.25) is 0 Å². The van der Waals surface area contributed by atoms with Crippen LogP contribution in [-0.2, 0) is 18.4 Å². The first kappa shape index (κ1) is 31.7. The van der Waals surface area contributed by atoms with Crippen LogP contribution in [0.1, 0.15) is 58.8 Å². The second kappa shape index (κ2) is 18.1. The Kier molecular flexibility index (Phi) is 17.4. The highest BCUT2D eigenvalue weighted by Crippen LogP contribution is 2.38. The number of hydrogen-bond acceptors (Lipinski definition) is 6. The minimum Gasteiger partial charge on any atom is -0.756 e. The summed E-state index contributed by atoms with van der Waals surface area (Å²) in [6, 6.07) is -0.898. The lowest BCUT2D eigenvalue weighted by Gasteiger charge is -2.29. The van der Waals surface area contributed by atoms with Crippen LogP contribution in [0.5, 0.6) is 0 Å². The van der Waals surface area contributed by atoms with Crippen molar-refractivity contribution >= 4 is 13.7 Å². The highest BCUT2D eigenvalue weighted by molar-refractivity contribution is 7.45. The molecule has 8 nitrogen and oxygen atoms in total. The highest BCUT2D eigenvalue weighted by atomic mass is 31.2. The Morgan fingerprint density at radius 2 is 1.61 bits per heavy atom. The number of allylic oxidation sites excluding steroid dienone is 5. The molecule has 9 heteroatoms. The Bertz CT molecular complexity index is 658. The fourth-order valence-corrected chi connectivity index (χ4v) is 3.36. The van der Waals surface area contributed by atoms with E-state index in [4.69, 9.17) is 9.05 Å². The van der Waals surface area contributed by atoms with Crippen molar-refractivity contribution in [3.05, 3.63) is 36.5 Å². The van der Waals surface area contributed by atoms with Gasteiger partial charge in [-0.1, -0.05) is 50.3 Å². The van der Waals surface area contributed by atoms with Crippen LogP contribution in [-0.4, -0.2) is 68.5 Å². The van der Waals surface area contributed by atoms with Crippen molar-refractivity contribution < 1.29 is 32.9 Å². The molecular formula is C24H45N2O6P. The number of aliphatic hydroxyl groups excluding tert-OH is 1. The van der Waals surface area contributed by atoms with Crippen molar-refractivity contribution in [1.82, 2.24) is 5.32 Å². The van der Waals surface area contributed by atoms with Crippen LogP contribution in [0.25, 0.3) is 0 Å². The molecule has 0 aromatic heterocycles. The molecule has 0 heterocycles. The molecule has 0 rings (SSSR count). The maximum Gasteiger partial charge on any atom is 0.268 e. The minimum absolute atomic E-state index is 0.0119. The zero-order valence-electron chi connectivity index (χ0n) is 21.1. The van der Waals surface area contributed by atoms with E-state index in [2.05, 4.69) is 36.5 Å². The Morgan fingerprint density at radius 1 is 1.03 bits per heavy atom. The molecule has 0 aliphatic rings. The van der Waals surface area contributed by atoms with Crippen molar-refractivity contribution in [1.29, 1.82) is 0 Å². The summed E-state index contributed by atoms with van der Waals surface area (Å²) in [5, 5.41) is 13.1. The van der Waals surface area contributed by atoms with Gasteiger partial charge in [-0.15, -0.1) is 0 Å². The molecule has 0 aliphatic carbocycles. The van der Waals surface area contributed by atoms with E-state index in [0.29, 0.717) is 17.4 Å². The number of hydrogen-bond donors (Lipinski definition) is 2. The number of rotatable bonds is 19. The summed E-state index contributed by atoms with van der Waals surface area (Å²) in [5.74, 6) is -0.273. The number of phosphoric ester groups is 1. The topological polar surface area (TPSA) is 108 Å². The first-order chi connectivity index (χ1) is 15.5. The van der Waals surface area contributed by atoms with Crippen molar-refractivity contribution in [2.24, 2.45) is 0 Å². The van der Waals surface area contributed by atoms with Crippen molar-refractivity contribution in [3.63, 3.8) is 0 Å². The zero-order valence-corrected chi connectivity index (χ0v) is 22.0. The maximum atomic E-state index is 12.1. The van der Waals surface area contributed by atoms with Gasteiger partial charge < -0.3 is 28.8 Å². The van der Waals surface area contributed by atoms with E-state index in [1.165, 1.54) is 0 Å². The van der Waals surface area contributed by atoms with E-state index < -0.39 is 26.6 Å². The highest BCUT2D eigenvalue weighted by Gasteiger charge is 2.22. The number of carbonyl (C=O) groups excluding carboxylic acids is 1. The average Bonchev–Trinajstić information content (AvgIpc) is 2.71. The van der Waals surface area contributed by atoms with Gasteiger partial charge in [-0.3, -0.25) is 9.36 Å². The number of quaternary nitrogens is 1. The molecule has 33 heavy (non-hydrogen) atoms. The molecule has 1 amide bonds. The van der Waals surface area contributed by atoms with Gasteiger partial charge in [-0.05, 0) is 38.5 Å². The van der Waals surface area contributed by atoms with E-state index in [1.54, 1.807) is 6.08 Å². The van der Waals surface area contributed by atoms with Crippen LogP contribution < -0.4 is 10.2 Å². The summed E-state index contributed by atoms with van der Waals surface area (Å²) in [7, 11) is 1.21. The number of likely N-dealkylation sites (N-methyl/N-ethyl adjacent to an activating group) is 1. The molecule has 0 fully saturated rings. The molecule has 3 atom stereocenters. The summed E-state index contributed by atoms with van der Waals surface area (Å²) in [5.41, 5.74) is 0. The molecule has 2 N–H and O–H groups in total. The monoisotopic (exact) mass is 488 g/mol. The molecule has 0 aromatic rings. The zero-order chi connectivity index (χ0) is 25.2. The molecule has 0 aromatic carbocycles. The minimum atomic E-state index is -4.55. The van der Waals surface area contributed by atoms with Gasteiger partial charge in [0.2, 0.25) is 5.91 Å². The largest absolute Gasteiger partial charge is 0.756 e.